The third-order valence-electron chi connectivity index (χ3n) is 3.85. The average molecular weight is 321 g/mol. The van der Waals surface area contributed by atoms with Crippen molar-refractivity contribution in [2.75, 3.05) is 46.9 Å². The molecule has 1 aliphatic rings. The van der Waals surface area contributed by atoms with Crippen molar-refractivity contribution in [3.8, 4) is 0 Å². The molecule has 1 heterocycles. The van der Waals surface area contributed by atoms with Crippen LogP contribution in [0.1, 0.15) is 33.1 Å². The number of hydrogen-bond acceptors (Lipinski definition) is 4. The maximum atomic E-state index is 12.4. The first-order valence-corrected chi connectivity index (χ1v) is 9.22. The SMILES string of the molecule is CC(C)NCCCN(C)S(=O)(=O)N(C)CC1CCOCC1. The van der Waals surface area contributed by atoms with Crippen LogP contribution in [0.3, 0.4) is 0 Å². The predicted octanol–water partition coefficient (Wildman–Crippen LogP) is 0.910. The first-order valence-electron chi connectivity index (χ1n) is 7.82. The second kappa shape index (κ2) is 9.05. The lowest BCUT2D eigenvalue weighted by Gasteiger charge is -2.29. The van der Waals surface area contributed by atoms with Gasteiger partial charge >= 0.3 is 0 Å². The van der Waals surface area contributed by atoms with Crippen molar-refractivity contribution in [2.45, 2.75) is 39.2 Å². The zero-order valence-corrected chi connectivity index (χ0v) is 14.7. The van der Waals surface area contributed by atoms with Crippen LogP contribution >= 0.6 is 0 Å². The van der Waals surface area contributed by atoms with Crippen LogP contribution in [0, 0.1) is 5.92 Å². The molecule has 0 aromatic rings. The van der Waals surface area contributed by atoms with E-state index in [1.807, 2.05) is 0 Å². The highest BCUT2D eigenvalue weighted by atomic mass is 32.2. The van der Waals surface area contributed by atoms with Gasteiger partial charge in [-0.3, -0.25) is 0 Å². The molecule has 1 saturated heterocycles. The number of ether oxygens (including phenoxy) is 1. The van der Waals surface area contributed by atoms with Crippen molar-refractivity contribution in [3.05, 3.63) is 0 Å². The van der Waals surface area contributed by atoms with Crippen LogP contribution in [0.2, 0.25) is 0 Å². The Morgan fingerprint density at radius 1 is 1.19 bits per heavy atom. The summed E-state index contributed by atoms with van der Waals surface area (Å²) in [7, 11) is -0.00881. The van der Waals surface area contributed by atoms with Crippen molar-refractivity contribution in [1.82, 2.24) is 13.9 Å². The van der Waals surface area contributed by atoms with Crippen LogP contribution in [0.4, 0.5) is 0 Å². The molecule has 7 heteroatoms. The lowest BCUT2D eigenvalue weighted by atomic mass is 10.0. The zero-order chi connectivity index (χ0) is 15.9. The van der Waals surface area contributed by atoms with Crippen molar-refractivity contribution in [1.29, 1.82) is 0 Å². The molecule has 126 valence electrons. The normalized spacial score (nSPS) is 18.0. The molecule has 6 nitrogen and oxygen atoms in total. The van der Waals surface area contributed by atoms with E-state index in [9.17, 15) is 8.42 Å². The Hall–Kier alpha value is -0.210. The maximum absolute atomic E-state index is 12.4. The number of nitrogens with one attached hydrogen (secondary N) is 1. The minimum atomic E-state index is -3.34. The number of hydrogen-bond donors (Lipinski definition) is 1. The lowest BCUT2D eigenvalue weighted by Crippen LogP contribution is -2.43. The molecule has 1 N–H and O–H groups in total. The Balaban J connectivity index is 2.38. The van der Waals surface area contributed by atoms with Crippen molar-refractivity contribution < 1.29 is 13.2 Å². The Bertz CT molecular complexity index is 381. The Morgan fingerprint density at radius 3 is 2.38 bits per heavy atom. The zero-order valence-electron chi connectivity index (χ0n) is 13.8. The van der Waals surface area contributed by atoms with Gasteiger partial charge in [-0.25, -0.2) is 0 Å². The molecule has 0 aromatic heterocycles. The molecule has 0 radical (unpaired) electrons. The molecule has 1 fully saturated rings. The second-order valence-electron chi connectivity index (χ2n) is 6.13. The highest BCUT2D eigenvalue weighted by Gasteiger charge is 2.26. The van der Waals surface area contributed by atoms with E-state index in [0.29, 0.717) is 25.0 Å². The molecular formula is C14H31N3O3S. The molecule has 1 rings (SSSR count). The fourth-order valence-corrected chi connectivity index (χ4v) is 3.67. The fourth-order valence-electron chi connectivity index (χ4n) is 2.43. The average Bonchev–Trinajstić information content (AvgIpc) is 2.44. The molecule has 21 heavy (non-hydrogen) atoms. The van der Waals surface area contributed by atoms with Crippen LogP contribution in [-0.2, 0) is 14.9 Å². The van der Waals surface area contributed by atoms with Gasteiger partial charge in [0, 0.05) is 46.4 Å². The van der Waals surface area contributed by atoms with E-state index in [2.05, 4.69) is 19.2 Å². The quantitative estimate of drug-likeness (QED) is 0.641. The van der Waals surface area contributed by atoms with Gasteiger partial charge in [0.25, 0.3) is 10.2 Å². The van der Waals surface area contributed by atoms with Gasteiger partial charge in [-0.15, -0.1) is 0 Å². The first-order chi connectivity index (χ1) is 9.84. The molecule has 0 aromatic carbocycles. The summed E-state index contributed by atoms with van der Waals surface area (Å²) in [5.41, 5.74) is 0. The molecule has 0 bridgehead atoms. The van der Waals surface area contributed by atoms with Crippen LogP contribution in [-0.4, -0.2) is 70.0 Å². The van der Waals surface area contributed by atoms with Gasteiger partial charge < -0.3 is 10.1 Å². The molecular weight excluding hydrogens is 290 g/mol. The summed E-state index contributed by atoms with van der Waals surface area (Å²) in [6.45, 7) is 7.62. The van der Waals surface area contributed by atoms with E-state index in [0.717, 1.165) is 39.0 Å². The van der Waals surface area contributed by atoms with Crippen LogP contribution in [0.15, 0.2) is 0 Å². The van der Waals surface area contributed by atoms with E-state index in [1.54, 1.807) is 14.1 Å². The Labute approximate surface area is 130 Å². The summed E-state index contributed by atoms with van der Waals surface area (Å²) in [5.74, 6) is 0.412. The molecule has 0 unspecified atom stereocenters. The molecule has 0 amide bonds. The predicted molar refractivity (Wildman–Crippen MR) is 85.5 cm³/mol. The summed E-state index contributed by atoms with van der Waals surface area (Å²) in [5, 5.41) is 3.30. The summed E-state index contributed by atoms with van der Waals surface area (Å²) >= 11 is 0. The van der Waals surface area contributed by atoms with Crippen molar-refractivity contribution >= 4 is 10.2 Å². The molecule has 0 aliphatic carbocycles. The molecule has 0 spiro atoms. The third kappa shape index (κ3) is 6.61. The lowest BCUT2D eigenvalue weighted by molar-refractivity contribution is 0.0616. The Kier molecular flexibility index (Phi) is 8.12. The van der Waals surface area contributed by atoms with Gasteiger partial charge in [0.2, 0.25) is 0 Å². The largest absolute Gasteiger partial charge is 0.381 e. The summed E-state index contributed by atoms with van der Waals surface area (Å²) in [6.07, 6.45) is 2.71. The summed E-state index contributed by atoms with van der Waals surface area (Å²) in [6, 6.07) is 0.433. The maximum Gasteiger partial charge on any atom is 0.281 e. The van der Waals surface area contributed by atoms with E-state index < -0.39 is 10.2 Å². The smallest absolute Gasteiger partial charge is 0.281 e. The minimum absolute atomic E-state index is 0.412. The monoisotopic (exact) mass is 321 g/mol. The van der Waals surface area contributed by atoms with Crippen LogP contribution < -0.4 is 5.32 Å². The molecule has 0 atom stereocenters. The highest BCUT2D eigenvalue weighted by molar-refractivity contribution is 7.86. The van der Waals surface area contributed by atoms with Gasteiger partial charge in [-0.1, -0.05) is 13.8 Å². The molecule has 0 saturated carbocycles. The molecule has 1 aliphatic heterocycles. The summed E-state index contributed by atoms with van der Waals surface area (Å²) in [4.78, 5) is 0. The van der Waals surface area contributed by atoms with E-state index in [-0.39, 0.29) is 0 Å². The number of rotatable bonds is 9. The standard InChI is InChI=1S/C14H31N3O3S/c1-13(2)15-8-5-9-16(3)21(18,19)17(4)12-14-6-10-20-11-7-14/h13-15H,5-12H2,1-4H3. The minimum Gasteiger partial charge on any atom is -0.381 e. The van der Waals surface area contributed by atoms with Gasteiger partial charge in [0.05, 0.1) is 0 Å². The van der Waals surface area contributed by atoms with Gasteiger partial charge in [-0.05, 0) is 31.7 Å². The third-order valence-corrected chi connectivity index (χ3v) is 5.75. The topological polar surface area (TPSA) is 61.9 Å². The van der Waals surface area contributed by atoms with E-state index >= 15 is 0 Å². The number of nitrogens with zero attached hydrogens (tertiary/aromatic N) is 2. The second-order valence-corrected chi connectivity index (χ2v) is 8.27. The van der Waals surface area contributed by atoms with Crippen LogP contribution in [0.5, 0.6) is 0 Å². The van der Waals surface area contributed by atoms with E-state index in [4.69, 9.17) is 4.74 Å². The van der Waals surface area contributed by atoms with Gasteiger partial charge in [0.1, 0.15) is 0 Å². The van der Waals surface area contributed by atoms with Crippen molar-refractivity contribution in [3.63, 3.8) is 0 Å². The Morgan fingerprint density at radius 2 is 1.81 bits per heavy atom. The van der Waals surface area contributed by atoms with Gasteiger partial charge in [0.15, 0.2) is 0 Å². The van der Waals surface area contributed by atoms with Gasteiger partial charge in [-0.2, -0.15) is 17.0 Å². The van der Waals surface area contributed by atoms with Crippen LogP contribution in [0.25, 0.3) is 0 Å². The van der Waals surface area contributed by atoms with Crippen molar-refractivity contribution in [2.24, 2.45) is 5.92 Å². The first kappa shape index (κ1) is 18.8. The fraction of sp³-hybridized carbons (Fsp3) is 1.00. The summed E-state index contributed by atoms with van der Waals surface area (Å²) < 4.78 is 33.1. The highest BCUT2D eigenvalue weighted by Crippen LogP contribution is 2.17. The van der Waals surface area contributed by atoms with E-state index in [1.165, 1.54) is 8.61 Å².